The zero-order chi connectivity index (χ0) is 12.6. The van der Waals surface area contributed by atoms with Gasteiger partial charge in [-0.1, -0.05) is 94.4 Å². The molecule has 0 rings (SSSR count). The van der Waals surface area contributed by atoms with Crippen LogP contribution in [0.1, 0.15) is 80.1 Å². The molecule has 0 aliphatic heterocycles. The lowest BCUT2D eigenvalue weighted by atomic mass is 10.2. The summed E-state index contributed by atoms with van der Waals surface area (Å²) in [5, 5.41) is 0. The van der Waals surface area contributed by atoms with Crippen LogP contribution in [0.5, 0.6) is 0 Å². The molecule has 0 fully saturated rings. The first-order chi connectivity index (χ1) is 7.58. The normalized spacial score (nSPS) is 16.9. The fraction of sp³-hybridized carbons (Fsp3) is 1.00. The second kappa shape index (κ2) is 9.55. The molecule has 1 heteroatoms. The molecule has 0 N–H and O–H groups in total. The van der Waals surface area contributed by atoms with Crippen LogP contribution < -0.4 is 0 Å². The minimum Gasteiger partial charge on any atom is -0.0845 e. The van der Waals surface area contributed by atoms with Crippen molar-refractivity contribution in [1.29, 1.82) is 0 Å². The van der Waals surface area contributed by atoms with Crippen molar-refractivity contribution in [1.82, 2.24) is 0 Å². The van der Waals surface area contributed by atoms with Crippen molar-refractivity contribution < 1.29 is 0 Å². The van der Waals surface area contributed by atoms with E-state index in [1.54, 1.807) is 0 Å². The Balaban J connectivity index is 4.47. The summed E-state index contributed by atoms with van der Waals surface area (Å²) >= 11 is -0.569. The van der Waals surface area contributed by atoms with Gasteiger partial charge in [0, 0.05) is 0 Å². The number of hydrogen-bond donors (Lipinski definition) is 0. The maximum atomic E-state index is 2.54. The number of hydrogen-bond acceptors (Lipinski definition) is 0. The lowest BCUT2D eigenvalue weighted by Gasteiger charge is -2.30. The van der Waals surface area contributed by atoms with Crippen LogP contribution in [0, 0.1) is 0 Å². The van der Waals surface area contributed by atoms with Gasteiger partial charge in [-0.2, -0.15) is 0 Å². The molecule has 0 radical (unpaired) electrons. The van der Waals surface area contributed by atoms with Crippen molar-refractivity contribution in [2.75, 3.05) is 0 Å². The van der Waals surface area contributed by atoms with Crippen LogP contribution in [0.25, 0.3) is 0 Å². The Bertz CT molecular complexity index is 127. The molecule has 0 spiro atoms. The van der Waals surface area contributed by atoms with Gasteiger partial charge in [-0.05, 0) is 0 Å². The zero-order valence-electron chi connectivity index (χ0n) is 12.6. The van der Waals surface area contributed by atoms with Gasteiger partial charge in [-0.25, -0.2) is 0 Å². The van der Waals surface area contributed by atoms with Crippen LogP contribution in [0.3, 0.4) is 0 Å². The molecule has 0 saturated carbocycles. The Kier molecular flexibility index (Phi) is 9.87. The Hall–Kier alpha value is 0.532. The van der Waals surface area contributed by atoms with E-state index in [9.17, 15) is 0 Å². The molecule has 0 heterocycles. The van der Waals surface area contributed by atoms with Crippen LogP contribution >= 0.6 is 0 Å². The summed E-state index contributed by atoms with van der Waals surface area (Å²) < 4.78 is 3.15. The lowest BCUT2D eigenvalue weighted by molar-refractivity contribution is 0.651. The summed E-state index contributed by atoms with van der Waals surface area (Å²) in [6.45, 7) is 14.7. The van der Waals surface area contributed by atoms with E-state index >= 15 is 0 Å². The molecule has 0 aromatic carbocycles. The molecule has 0 aromatic rings. The van der Waals surface area contributed by atoms with Crippen molar-refractivity contribution in [3.05, 3.63) is 0 Å². The molecule has 0 amide bonds. The Morgan fingerprint density at radius 1 is 0.625 bits per heavy atom. The summed E-state index contributed by atoms with van der Waals surface area (Å²) in [7, 11) is 0. The predicted molar refractivity (Wildman–Crippen MR) is 78.8 cm³/mol. The molecule has 96 valence electrons. The van der Waals surface area contributed by atoms with Crippen molar-refractivity contribution >= 4 is 14.1 Å². The maximum Gasteiger partial charge on any atom is 0.271 e. The lowest BCUT2D eigenvalue weighted by Crippen LogP contribution is -2.29. The molecule has 0 nitrogen and oxygen atoms in total. The van der Waals surface area contributed by atoms with Crippen LogP contribution in [-0.4, -0.2) is 14.1 Å². The van der Waals surface area contributed by atoms with Crippen molar-refractivity contribution in [3.63, 3.8) is 0 Å². The highest BCUT2D eigenvalue weighted by molar-refractivity contribution is 6.63. The third-order valence-corrected chi connectivity index (χ3v) is 9.15. The summed E-state index contributed by atoms with van der Waals surface area (Å²) in [6.07, 6.45) is 8.55. The Morgan fingerprint density at radius 3 is 1.06 bits per heavy atom. The van der Waals surface area contributed by atoms with Gasteiger partial charge >= 0.3 is 0 Å². The second-order valence-electron chi connectivity index (χ2n) is 5.88. The fourth-order valence-corrected chi connectivity index (χ4v) is 9.15. The highest BCUT2D eigenvalue weighted by Crippen LogP contribution is 2.37. The smallest absolute Gasteiger partial charge is 0.0845 e. The molecule has 0 aromatic heterocycles. The van der Waals surface area contributed by atoms with Crippen molar-refractivity contribution in [2.45, 2.75) is 94.4 Å². The van der Waals surface area contributed by atoms with Crippen LogP contribution in [0.4, 0.5) is 0 Å². The maximum absolute atomic E-state index is 2.54. The minimum atomic E-state index is -0.569. The van der Waals surface area contributed by atoms with Gasteiger partial charge in [-0.3, -0.25) is 0 Å². The molecule has 0 bridgehead atoms. The summed E-state index contributed by atoms with van der Waals surface area (Å²) in [6, 6.07) is 0. The van der Waals surface area contributed by atoms with Gasteiger partial charge in [0.15, 0.2) is 0 Å². The van der Waals surface area contributed by atoms with E-state index in [1.165, 1.54) is 38.5 Å². The van der Waals surface area contributed by atoms with Gasteiger partial charge in [0.05, 0.1) is 0 Å². The first-order valence-corrected chi connectivity index (χ1v) is 9.58. The second-order valence-corrected chi connectivity index (χ2v) is 10.4. The van der Waals surface area contributed by atoms with Gasteiger partial charge in [0.1, 0.15) is 0 Å². The van der Waals surface area contributed by atoms with E-state index in [0.29, 0.717) is 0 Å². The highest BCUT2D eigenvalue weighted by atomic mass is 27.2. The SMILES string of the molecule is CCC[CH](C)[Al]([CH](C)CCC)[CH](C)CCC. The largest absolute Gasteiger partial charge is 0.271 e. The van der Waals surface area contributed by atoms with Gasteiger partial charge < -0.3 is 0 Å². The first-order valence-electron chi connectivity index (χ1n) is 7.58. The van der Waals surface area contributed by atoms with E-state index in [-0.39, 0.29) is 0 Å². The molecule has 0 aliphatic carbocycles. The molecule has 0 aliphatic rings. The average molecular weight is 240 g/mol. The van der Waals surface area contributed by atoms with E-state index in [0.717, 1.165) is 14.3 Å². The van der Waals surface area contributed by atoms with Crippen molar-refractivity contribution in [3.8, 4) is 0 Å². The molecule has 3 atom stereocenters. The summed E-state index contributed by atoms with van der Waals surface area (Å²) in [5.74, 6) is 0. The molecule has 3 unspecified atom stereocenters. The van der Waals surface area contributed by atoms with Gasteiger partial charge in [0.2, 0.25) is 0 Å². The average Bonchev–Trinajstić information content (AvgIpc) is 2.19. The van der Waals surface area contributed by atoms with Gasteiger partial charge in [0.25, 0.3) is 14.1 Å². The number of rotatable bonds is 9. The van der Waals surface area contributed by atoms with E-state index < -0.39 is 14.1 Å². The first kappa shape index (κ1) is 16.5. The molecule has 0 saturated heterocycles. The standard InChI is InChI=1S/3C5H11.Al/c3*1-3-5-4-2;/h3*3H,4-5H2,1-2H3;. The van der Waals surface area contributed by atoms with Crippen LogP contribution in [0.15, 0.2) is 0 Å². The topological polar surface area (TPSA) is 0 Å². The molecular formula is C15H33Al. The Labute approximate surface area is 109 Å². The van der Waals surface area contributed by atoms with Crippen LogP contribution in [0.2, 0.25) is 14.3 Å². The zero-order valence-corrected chi connectivity index (χ0v) is 13.7. The van der Waals surface area contributed by atoms with E-state index in [2.05, 4.69) is 41.5 Å². The molecular weight excluding hydrogens is 207 g/mol. The van der Waals surface area contributed by atoms with E-state index in [1.807, 2.05) is 0 Å². The Morgan fingerprint density at radius 2 is 0.875 bits per heavy atom. The third kappa shape index (κ3) is 5.74. The predicted octanol–water partition coefficient (Wildman–Crippen LogP) is 6.05. The minimum absolute atomic E-state index is 0.569. The van der Waals surface area contributed by atoms with Gasteiger partial charge in [-0.15, -0.1) is 0 Å². The summed E-state index contributed by atoms with van der Waals surface area (Å²) in [5.41, 5.74) is 0. The van der Waals surface area contributed by atoms with E-state index in [4.69, 9.17) is 0 Å². The third-order valence-electron chi connectivity index (χ3n) is 4.20. The monoisotopic (exact) mass is 240 g/mol. The fourth-order valence-electron chi connectivity index (χ4n) is 3.63. The quantitative estimate of drug-likeness (QED) is 0.430. The van der Waals surface area contributed by atoms with Crippen LogP contribution in [-0.2, 0) is 0 Å². The summed E-state index contributed by atoms with van der Waals surface area (Å²) in [4.78, 5) is 0. The molecule has 16 heavy (non-hydrogen) atoms. The highest BCUT2D eigenvalue weighted by Gasteiger charge is 2.33. The van der Waals surface area contributed by atoms with Crippen molar-refractivity contribution in [2.24, 2.45) is 0 Å².